The summed E-state index contributed by atoms with van der Waals surface area (Å²) >= 11 is 29.5. The maximum Gasteiger partial charge on any atom is 0.154 e. The van der Waals surface area contributed by atoms with Gasteiger partial charge in [-0.1, -0.05) is 64.1 Å². The van der Waals surface area contributed by atoms with Crippen molar-refractivity contribution in [3.63, 3.8) is 0 Å². The summed E-state index contributed by atoms with van der Waals surface area (Å²) in [6.07, 6.45) is 0. The molecule has 0 heterocycles. The van der Waals surface area contributed by atoms with E-state index >= 15 is 0 Å². The minimum Gasteiger partial charge on any atom is -0.505 e. The molecule has 2 aromatic rings. The zero-order valence-electron chi connectivity index (χ0n) is 8.65. The lowest BCUT2D eigenvalue weighted by Gasteiger charge is -2.10. The van der Waals surface area contributed by atoms with Crippen LogP contribution in [0.3, 0.4) is 0 Å². The Hall–Kier alpha value is -0.310. The number of halogens is 5. The zero-order valence-corrected chi connectivity index (χ0v) is 12.4. The first-order valence-corrected chi connectivity index (χ1v) is 6.62. The van der Waals surface area contributed by atoms with Crippen LogP contribution in [0, 0.1) is 0 Å². The zero-order chi connectivity index (χ0) is 13.4. The lowest BCUT2D eigenvalue weighted by Crippen LogP contribution is -1.83. The number of benzene rings is 2. The van der Waals surface area contributed by atoms with Crippen molar-refractivity contribution in [2.24, 2.45) is 0 Å². The molecular formula is C12H5Cl5O. The summed E-state index contributed by atoms with van der Waals surface area (Å²) < 4.78 is 0. The number of rotatable bonds is 1. The number of hydrogen-bond acceptors (Lipinski definition) is 1. The quantitative estimate of drug-likeness (QED) is 0.601. The van der Waals surface area contributed by atoms with Crippen molar-refractivity contribution in [1.29, 1.82) is 0 Å². The summed E-state index contributed by atoms with van der Waals surface area (Å²) in [7, 11) is 0. The third-order valence-corrected chi connectivity index (χ3v) is 4.26. The minimum atomic E-state index is -0.257. The van der Waals surface area contributed by atoms with Crippen molar-refractivity contribution in [3.8, 4) is 16.9 Å². The highest BCUT2D eigenvalue weighted by atomic mass is 35.5. The molecule has 0 fully saturated rings. The number of phenolic OH excluding ortho intramolecular Hbond substituents is 1. The van der Waals surface area contributed by atoms with Crippen LogP contribution < -0.4 is 0 Å². The van der Waals surface area contributed by atoms with Gasteiger partial charge < -0.3 is 5.11 Å². The van der Waals surface area contributed by atoms with Crippen LogP contribution >= 0.6 is 58.0 Å². The first-order valence-electron chi connectivity index (χ1n) is 4.73. The maximum atomic E-state index is 9.75. The molecule has 0 bridgehead atoms. The van der Waals surface area contributed by atoms with E-state index in [1.165, 1.54) is 0 Å². The summed E-state index contributed by atoms with van der Waals surface area (Å²) in [5, 5.41) is 10.9. The monoisotopic (exact) mass is 340 g/mol. The molecule has 0 saturated carbocycles. The number of aromatic hydroxyl groups is 1. The van der Waals surface area contributed by atoms with Crippen LogP contribution in [0.2, 0.25) is 25.1 Å². The van der Waals surface area contributed by atoms with Gasteiger partial charge in [-0.2, -0.15) is 0 Å². The van der Waals surface area contributed by atoms with Gasteiger partial charge in [-0.15, -0.1) is 0 Å². The molecule has 0 aliphatic heterocycles. The highest BCUT2D eigenvalue weighted by Crippen LogP contribution is 2.44. The molecule has 1 N–H and O–H groups in total. The molecular weight excluding hydrogens is 337 g/mol. The Morgan fingerprint density at radius 1 is 0.722 bits per heavy atom. The van der Waals surface area contributed by atoms with Crippen LogP contribution in [-0.2, 0) is 0 Å². The maximum absolute atomic E-state index is 9.75. The Bertz CT molecular complexity index is 624. The molecule has 18 heavy (non-hydrogen) atoms. The second kappa shape index (κ2) is 5.36. The van der Waals surface area contributed by atoms with E-state index < -0.39 is 0 Å². The molecule has 0 spiro atoms. The highest BCUT2D eigenvalue weighted by Gasteiger charge is 2.15. The lowest BCUT2D eigenvalue weighted by molar-refractivity contribution is 0.476. The predicted octanol–water partition coefficient (Wildman–Crippen LogP) is 6.33. The summed E-state index contributed by atoms with van der Waals surface area (Å²) in [4.78, 5) is 0. The van der Waals surface area contributed by atoms with Crippen LogP contribution in [0.25, 0.3) is 11.1 Å². The Balaban J connectivity index is 2.67. The number of hydrogen-bond donors (Lipinski definition) is 1. The van der Waals surface area contributed by atoms with Gasteiger partial charge in [0, 0.05) is 5.56 Å². The van der Waals surface area contributed by atoms with Crippen LogP contribution in [-0.4, -0.2) is 5.11 Å². The van der Waals surface area contributed by atoms with Gasteiger partial charge in [0.05, 0.1) is 20.1 Å². The van der Waals surface area contributed by atoms with E-state index in [-0.39, 0.29) is 20.8 Å². The van der Waals surface area contributed by atoms with Gasteiger partial charge in [0.2, 0.25) is 0 Å². The topological polar surface area (TPSA) is 20.2 Å². The summed E-state index contributed by atoms with van der Waals surface area (Å²) in [6, 6.07) is 6.55. The van der Waals surface area contributed by atoms with Crippen LogP contribution in [0.15, 0.2) is 24.3 Å². The van der Waals surface area contributed by atoms with Crippen molar-refractivity contribution < 1.29 is 5.11 Å². The Labute approximate surface area is 129 Å². The fraction of sp³-hybridized carbons (Fsp3) is 0. The molecule has 94 valence electrons. The molecule has 0 aliphatic carbocycles. The molecule has 0 aliphatic rings. The first kappa shape index (κ1) is 14.1. The van der Waals surface area contributed by atoms with E-state index in [4.69, 9.17) is 58.0 Å². The second-order valence-corrected chi connectivity index (χ2v) is 5.49. The molecule has 0 amide bonds. The van der Waals surface area contributed by atoms with Crippen molar-refractivity contribution >= 4 is 58.0 Å². The standard InChI is InChI=1S/C12H5Cl5O/c13-7-2-1-5(3-8(7)14)6-4-9(15)11(17)12(18)10(6)16/h1-4,18H. The van der Waals surface area contributed by atoms with E-state index in [1.807, 2.05) is 0 Å². The Kier molecular flexibility index (Phi) is 4.20. The van der Waals surface area contributed by atoms with Crippen molar-refractivity contribution in [2.45, 2.75) is 0 Å². The van der Waals surface area contributed by atoms with Crippen molar-refractivity contribution in [3.05, 3.63) is 49.4 Å². The van der Waals surface area contributed by atoms with Gasteiger partial charge in [0.15, 0.2) is 5.75 Å². The van der Waals surface area contributed by atoms with Gasteiger partial charge in [-0.05, 0) is 23.8 Å². The highest BCUT2D eigenvalue weighted by molar-refractivity contribution is 6.46. The van der Waals surface area contributed by atoms with Gasteiger partial charge in [-0.25, -0.2) is 0 Å². The average molecular weight is 342 g/mol. The van der Waals surface area contributed by atoms with Crippen LogP contribution in [0.1, 0.15) is 0 Å². The first-order chi connectivity index (χ1) is 8.41. The molecule has 6 heteroatoms. The van der Waals surface area contributed by atoms with Gasteiger partial charge >= 0.3 is 0 Å². The smallest absolute Gasteiger partial charge is 0.154 e. The molecule has 2 aromatic carbocycles. The normalized spacial score (nSPS) is 10.7. The van der Waals surface area contributed by atoms with E-state index in [2.05, 4.69) is 0 Å². The van der Waals surface area contributed by atoms with Crippen molar-refractivity contribution in [1.82, 2.24) is 0 Å². The average Bonchev–Trinajstić information content (AvgIpc) is 2.35. The predicted molar refractivity (Wildman–Crippen MR) is 78.6 cm³/mol. The fourth-order valence-electron chi connectivity index (χ4n) is 1.46. The molecule has 0 unspecified atom stereocenters. The molecule has 0 atom stereocenters. The third kappa shape index (κ3) is 2.52. The Morgan fingerprint density at radius 3 is 2.00 bits per heavy atom. The van der Waals surface area contributed by atoms with E-state index in [0.29, 0.717) is 21.2 Å². The third-order valence-electron chi connectivity index (χ3n) is 2.36. The fourth-order valence-corrected chi connectivity index (χ4v) is 2.42. The molecule has 1 nitrogen and oxygen atoms in total. The van der Waals surface area contributed by atoms with E-state index in [0.717, 1.165) is 0 Å². The largest absolute Gasteiger partial charge is 0.505 e. The summed E-state index contributed by atoms with van der Waals surface area (Å²) in [5.41, 5.74) is 1.21. The molecule has 0 radical (unpaired) electrons. The summed E-state index contributed by atoms with van der Waals surface area (Å²) in [5.74, 6) is -0.257. The lowest BCUT2D eigenvalue weighted by atomic mass is 10.1. The van der Waals surface area contributed by atoms with Crippen LogP contribution in [0.5, 0.6) is 5.75 Å². The molecule has 0 aromatic heterocycles. The van der Waals surface area contributed by atoms with Crippen LogP contribution in [0.4, 0.5) is 0 Å². The van der Waals surface area contributed by atoms with Gasteiger partial charge in [0.1, 0.15) is 5.02 Å². The SMILES string of the molecule is Oc1c(Cl)c(Cl)cc(-c2ccc(Cl)c(Cl)c2)c1Cl. The van der Waals surface area contributed by atoms with Crippen molar-refractivity contribution in [2.75, 3.05) is 0 Å². The molecule has 0 saturated heterocycles. The Morgan fingerprint density at radius 2 is 1.39 bits per heavy atom. The molecule has 2 rings (SSSR count). The summed E-state index contributed by atoms with van der Waals surface area (Å²) in [6.45, 7) is 0. The minimum absolute atomic E-state index is 0.0190. The van der Waals surface area contributed by atoms with Gasteiger partial charge in [0.25, 0.3) is 0 Å². The second-order valence-electron chi connectivity index (χ2n) is 3.51. The van der Waals surface area contributed by atoms with Gasteiger partial charge in [-0.3, -0.25) is 0 Å². The van der Waals surface area contributed by atoms with E-state index in [9.17, 15) is 5.11 Å². The van der Waals surface area contributed by atoms with E-state index in [1.54, 1.807) is 24.3 Å². The number of phenols is 1.